The van der Waals surface area contributed by atoms with Crippen molar-refractivity contribution >= 4 is 11.9 Å². The average molecular weight is 275 g/mol. The molecule has 0 aromatic rings. The molecule has 4 nitrogen and oxygen atoms in total. The summed E-state index contributed by atoms with van der Waals surface area (Å²) in [5.41, 5.74) is 0. The zero-order valence-corrected chi connectivity index (χ0v) is 11.5. The zero-order chi connectivity index (χ0) is 13.9. The minimum absolute atomic E-state index is 0.00759. The van der Waals surface area contributed by atoms with E-state index in [0.717, 1.165) is 18.8 Å². The van der Waals surface area contributed by atoms with Gasteiger partial charge in [-0.25, -0.2) is 0 Å². The molecule has 20 heavy (non-hydrogen) atoms. The molecule has 0 aromatic heterocycles. The van der Waals surface area contributed by atoms with Crippen LogP contribution in [0.3, 0.4) is 0 Å². The zero-order valence-electron chi connectivity index (χ0n) is 11.5. The maximum Gasteiger partial charge on any atom is 0.307 e. The van der Waals surface area contributed by atoms with Gasteiger partial charge in [0.25, 0.3) is 0 Å². The first kappa shape index (κ1) is 12.4. The third-order valence-corrected chi connectivity index (χ3v) is 6.11. The van der Waals surface area contributed by atoms with Gasteiger partial charge < -0.3 is 10.4 Å². The van der Waals surface area contributed by atoms with Gasteiger partial charge in [-0.1, -0.05) is 18.6 Å². The predicted molar refractivity (Wildman–Crippen MR) is 72.7 cm³/mol. The first-order chi connectivity index (χ1) is 9.63. The Labute approximate surface area is 118 Å². The third-order valence-electron chi connectivity index (χ3n) is 6.11. The van der Waals surface area contributed by atoms with Crippen molar-refractivity contribution in [2.45, 2.75) is 38.1 Å². The van der Waals surface area contributed by atoms with Gasteiger partial charge in [-0.3, -0.25) is 9.59 Å². The molecular formula is C16H21NO3. The second-order valence-corrected chi connectivity index (χ2v) is 7.13. The Kier molecular flexibility index (Phi) is 2.69. The van der Waals surface area contributed by atoms with Crippen molar-refractivity contribution in [1.82, 2.24) is 5.32 Å². The highest BCUT2D eigenvalue weighted by atomic mass is 16.4. The summed E-state index contributed by atoms with van der Waals surface area (Å²) in [5.74, 6) is -0.0400. The van der Waals surface area contributed by atoms with E-state index >= 15 is 0 Å². The number of carbonyl (C=O) groups is 2. The monoisotopic (exact) mass is 275 g/mol. The molecule has 4 bridgehead atoms. The topological polar surface area (TPSA) is 66.4 Å². The molecule has 0 heterocycles. The average Bonchev–Trinajstić information content (AvgIpc) is 3.16. The first-order valence-electron chi connectivity index (χ1n) is 7.85. The van der Waals surface area contributed by atoms with E-state index in [1.54, 1.807) is 0 Å². The van der Waals surface area contributed by atoms with E-state index in [2.05, 4.69) is 11.4 Å². The number of amides is 1. The van der Waals surface area contributed by atoms with Crippen molar-refractivity contribution in [1.29, 1.82) is 0 Å². The van der Waals surface area contributed by atoms with E-state index in [0.29, 0.717) is 12.0 Å². The summed E-state index contributed by atoms with van der Waals surface area (Å²) in [6.07, 6.45) is 9.78. The second kappa shape index (κ2) is 4.34. The molecule has 1 amide bonds. The molecule has 108 valence electrons. The van der Waals surface area contributed by atoms with Crippen molar-refractivity contribution < 1.29 is 14.7 Å². The summed E-state index contributed by atoms with van der Waals surface area (Å²) >= 11 is 0. The molecule has 7 unspecified atom stereocenters. The largest absolute Gasteiger partial charge is 0.481 e. The Morgan fingerprint density at radius 3 is 2.35 bits per heavy atom. The Bertz CT molecular complexity index is 486. The van der Waals surface area contributed by atoms with Crippen LogP contribution >= 0.6 is 0 Å². The van der Waals surface area contributed by atoms with Gasteiger partial charge in [0.1, 0.15) is 0 Å². The lowest BCUT2D eigenvalue weighted by molar-refractivity contribution is -0.148. The molecule has 0 aromatic carbocycles. The summed E-state index contributed by atoms with van der Waals surface area (Å²) < 4.78 is 0. The van der Waals surface area contributed by atoms with Crippen molar-refractivity contribution in [2.75, 3.05) is 0 Å². The van der Waals surface area contributed by atoms with E-state index in [9.17, 15) is 14.7 Å². The number of fused-ring (bicyclic) bond motifs is 4. The predicted octanol–water partition coefficient (Wildman–Crippen LogP) is 1.81. The number of rotatable bonds is 3. The standard InChI is InChI=1S/C16H21NO3/c18-15(17-12-6-8-1-2-9(12)5-8)13-10-3-4-11(7-10)14(13)16(19)20/h3-4,8-14H,1-2,5-7H2,(H,17,18)(H,19,20). The van der Waals surface area contributed by atoms with Gasteiger partial charge in [0, 0.05) is 6.04 Å². The number of aliphatic carboxylic acids is 1. The van der Waals surface area contributed by atoms with Crippen LogP contribution in [0.2, 0.25) is 0 Å². The maximum atomic E-state index is 12.6. The van der Waals surface area contributed by atoms with Crippen LogP contribution in [0, 0.1) is 35.5 Å². The second-order valence-electron chi connectivity index (χ2n) is 7.13. The molecule has 7 atom stereocenters. The van der Waals surface area contributed by atoms with Crippen LogP contribution in [0.4, 0.5) is 0 Å². The van der Waals surface area contributed by atoms with Crippen LogP contribution in [0.1, 0.15) is 32.1 Å². The SMILES string of the molecule is O=C(O)C1C2C=CC(C2)C1C(=O)NC1CC2CCC1C2. The molecular weight excluding hydrogens is 254 g/mol. The Morgan fingerprint density at radius 1 is 1.00 bits per heavy atom. The third kappa shape index (κ3) is 1.73. The first-order valence-corrected chi connectivity index (χ1v) is 7.85. The fraction of sp³-hybridized carbons (Fsp3) is 0.750. The summed E-state index contributed by atoms with van der Waals surface area (Å²) in [5, 5.41) is 12.6. The lowest BCUT2D eigenvalue weighted by Crippen LogP contribution is -2.46. The van der Waals surface area contributed by atoms with Gasteiger partial charge in [0.15, 0.2) is 0 Å². The van der Waals surface area contributed by atoms with Gasteiger partial charge in [-0.2, -0.15) is 0 Å². The number of carboxylic acid groups (broad SMARTS) is 1. The fourth-order valence-corrected chi connectivity index (χ4v) is 5.22. The van der Waals surface area contributed by atoms with E-state index < -0.39 is 11.9 Å². The van der Waals surface area contributed by atoms with Crippen molar-refractivity contribution in [3.05, 3.63) is 12.2 Å². The van der Waals surface area contributed by atoms with Gasteiger partial charge in [-0.15, -0.1) is 0 Å². The van der Waals surface area contributed by atoms with Crippen molar-refractivity contribution in [3.63, 3.8) is 0 Å². The molecule has 0 saturated heterocycles. The summed E-state index contributed by atoms with van der Waals surface area (Å²) in [4.78, 5) is 24.0. The van der Waals surface area contributed by atoms with E-state index in [4.69, 9.17) is 0 Å². The van der Waals surface area contributed by atoms with E-state index in [1.165, 1.54) is 19.3 Å². The molecule has 4 rings (SSSR count). The van der Waals surface area contributed by atoms with Crippen LogP contribution in [0.5, 0.6) is 0 Å². The highest BCUT2D eigenvalue weighted by Gasteiger charge is 2.52. The normalized spacial score (nSPS) is 47.9. The smallest absolute Gasteiger partial charge is 0.307 e. The van der Waals surface area contributed by atoms with Gasteiger partial charge in [-0.05, 0) is 49.4 Å². The summed E-state index contributed by atoms with van der Waals surface area (Å²) in [6, 6.07) is 0.304. The minimum Gasteiger partial charge on any atom is -0.481 e. The van der Waals surface area contributed by atoms with E-state index in [-0.39, 0.29) is 23.7 Å². The summed E-state index contributed by atoms with van der Waals surface area (Å²) in [6.45, 7) is 0. The highest BCUT2D eigenvalue weighted by molar-refractivity contribution is 5.87. The highest BCUT2D eigenvalue weighted by Crippen LogP contribution is 2.49. The van der Waals surface area contributed by atoms with E-state index in [1.807, 2.05) is 6.08 Å². The number of nitrogens with one attached hydrogen (secondary N) is 1. The van der Waals surface area contributed by atoms with Crippen LogP contribution in [0.15, 0.2) is 12.2 Å². The molecule has 3 fully saturated rings. The number of allylic oxidation sites excluding steroid dienone is 2. The molecule has 2 N–H and O–H groups in total. The molecule has 0 aliphatic heterocycles. The maximum absolute atomic E-state index is 12.6. The fourth-order valence-electron chi connectivity index (χ4n) is 5.22. The molecule has 3 saturated carbocycles. The number of hydrogen-bond donors (Lipinski definition) is 2. The van der Waals surface area contributed by atoms with Gasteiger partial charge in [0.05, 0.1) is 11.8 Å². The van der Waals surface area contributed by atoms with Crippen LogP contribution in [0.25, 0.3) is 0 Å². The Balaban J connectivity index is 1.48. The Hall–Kier alpha value is -1.32. The van der Waals surface area contributed by atoms with Gasteiger partial charge >= 0.3 is 5.97 Å². The molecule has 4 aliphatic carbocycles. The van der Waals surface area contributed by atoms with Crippen LogP contribution < -0.4 is 5.32 Å². The number of hydrogen-bond acceptors (Lipinski definition) is 2. The quantitative estimate of drug-likeness (QED) is 0.772. The number of carbonyl (C=O) groups excluding carboxylic acids is 1. The molecule has 0 spiro atoms. The lowest BCUT2D eigenvalue weighted by Gasteiger charge is -2.28. The summed E-state index contributed by atoms with van der Waals surface area (Å²) in [7, 11) is 0. The molecule has 0 radical (unpaired) electrons. The van der Waals surface area contributed by atoms with Crippen LogP contribution in [-0.4, -0.2) is 23.0 Å². The molecule has 4 aliphatic rings. The van der Waals surface area contributed by atoms with Gasteiger partial charge in [0.2, 0.25) is 5.91 Å². The minimum atomic E-state index is -0.810. The molecule has 4 heteroatoms. The number of carboxylic acids is 1. The van der Waals surface area contributed by atoms with Crippen LogP contribution in [-0.2, 0) is 9.59 Å². The Morgan fingerprint density at radius 2 is 1.75 bits per heavy atom. The van der Waals surface area contributed by atoms with Crippen molar-refractivity contribution in [3.8, 4) is 0 Å². The van der Waals surface area contributed by atoms with Crippen molar-refractivity contribution in [2.24, 2.45) is 35.5 Å². The lowest BCUT2D eigenvalue weighted by atomic mass is 9.82.